The average Bonchev–Trinajstić information content (AvgIpc) is 3.75. The molecule has 6 rings (SSSR count). The van der Waals surface area contributed by atoms with Gasteiger partial charge in [0, 0.05) is 30.5 Å². The Hall–Kier alpha value is -2.99. The second-order valence-electron chi connectivity index (χ2n) is 9.01. The lowest BCUT2D eigenvalue weighted by Crippen LogP contribution is -2.27. The molecule has 8 nitrogen and oxygen atoms in total. The van der Waals surface area contributed by atoms with Crippen LogP contribution in [0.4, 0.5) is 5.13 Å². The molecule has 2 aliphatic rings. The van der Waals surface area contributed by atoms with Gasteiger partial charge < -0.3 is 9.15 Å². The van der Waals surface area contributed by atoms with Crippen molar-refractivity contribution in [3.8, 4) is 17.0 Å². The molecule has 0 N–H and O–H groups in total. The molecule has 11 heteroatoms. The van der Waals surface area contributed by atoms with Gasteiger partial charge in [0.15, 0.2) is 0 Å². The van der Waals surface area contributed by atoms with E-state index in [4.69, 9.17) is 19.2 Å². The summed E-state index contributed by atoms with van der Waals surface area (Å²) in [4.78, 5) is 5.18. The Labute approximate surface area is 236 Å². The summed E-state index contributed by atoms with van der Waals surface area (Å²) in [6.45, 7) is 1.18. The fraction of sp³-hybridized carbons (Fsp3) is 0.259. The first kappa shape index (κ1) is 26.6. The molecule has 2 aromatic carbocycles. The molecular formula is C27H27BrN4O4S2. The van der Waals surface area contributed by atoms with Crippen LogP contribution in [0.5, 0.6) is 5.75 Å². The molecule has 198 valence electrons. The summed E-state index contributed by atoms with van der Waals surface area (Å²) in [7, 11) is -1.79. The van der Waals surface area contributed by atoms with Crippen molar-refractivity contribution in [2.75, 3.05) is 25.2 Å². The Morgan fingerprint density at radius 1 is 1.00 bits per heavy atom. The molecule has 0 aliphatic carbocycles. The van der Waals surface area contributed by atoms with Gasteiger partial charge in [0.2, 0.25) is 15.2 Å². The summed E-state index contributed by atoms with van der Waals surface area (Å²) in [5, 5.41) is 9.56. The lowest BCUT2D eigenvalue weighted by Gasteiger charge is -2.18. The monoisotopic (exact) mass is 614 g/mol. The summed E-state index contributed by atoms with van der Waals surface area (Å²) in [5.41, 5.74) is 3.59. The number of thiazole rings is 1. The first-order valence-corrected chi connectivity index (χ1v) is 14.5. The number of hydrazone groups is 1. The summed E-state index contributed by atoms with van der Waals surface area (Å²) in [6.07, 6.45) is 4.18. The predicted octanol–water partition coefficient (Wildman–Crippen LogP) is 6.13. The van der Waals surface area contributed by atoms with Gasteiger partial charge in [-0.3, -0.25) is 0 Å². The van der Waals surface area contributed by atoms with E-state index < -0.39 is 10.0 Å². The molecular weight excluding hydrogens is 588 g/mol. The number of benzene rings is 2. The molecule has 4 aromatic rings. The van der Waals surface area contributed by atoms with Crippen LogP contribution in [0.25, 0.3) is 11.3 Å². The molecule has 0 radical (unpaired) electrons. The lowest BCUT2D eigenvalue weighted by molar-refractivity contribution is 0.415. The molecule has 38 heavy (non-hydrogen) atoms. The van der Waals surface area contributed by atoms with Gasteiger partial charge in [-0.05, 0) is 66.9 Å². The fourth-order valence-corrected chi connectivity index (χ4v) is 7.07. The number of furan rings is 1. The molecule has 1 fully saturated rings. The first-order chi connectivity index (χ1) is 18.0. The minimum atomic E-state index is -3.44. The quantitative estimate of drug-likeness (QED) is 0.249. The number of sulfonamides is 1. The van der Waals surface area contributed by atoms with Crippen LogP contribution in [0.2, 0.25) is 0 Å². The van der Waals surface area contributed by atoms with Crippen molar-refractivity contribution >= 4 is 49.2 Å². The molecule has 1 saturated heterocycles. The van der Waals surface area contributed by atoms with Gasteiger partial charge >= 0.3 is 0 Å². The van der Waals surface area contributed by atoms with Crippen molar-refractivity contribution in [2.24, 2.45) is 5.10 Å². The molecule has 0 saturated carbocycles. The second kappa shape index (κ2) is 11.0. The van der Waals surface area contributed by atoms with Crippen molar-refractivity contribution in [3.63, 3.8) is 0 Å². The Balaban J connectivity index is 0.00000294. The Bertz CT molecular complexity index is 1510. The highest BCUT2D eigenvalue weighted by molar-refractivity contribution is 8.93. The topological polar surface area (TPSA) is 88.2 Å². The van der Waals surface area contributed by atoms with Crippen molar-refractivity contribution in [3.05, 3.63) is 83.6 Å². The van der Waals surface area contributed by atoms with Crippen molar-refractivity contribution in [2.45, 2.75) is 30.2 Å². The Morgan fingerprint density at radius 3 is 2.37 bits per heavy atom. The van der Waals surface area contributed by atoms with Crippen LogP contribution >= 0.6 is 28.3 Å². The maximum absolute atomic E-state index is 12.9. The van der Waals surface area contributed by atoms with E-state index in [1.54, 1.807) is 29.8 Å². The van der Waals surface area contributed by atoms with Crippen LogP contribution < -0.4 is 9.75 Å². The van der Waals surface area contributed by atoms with Gasteiger partial charge in [-0.1, -0.05) is 12.1 Å². The SMILES string of the molecule is Br.COc1ccc(C2=NN(c3nc(-c4ccc(S(=O)(=O)N5CCCC5)cc4)cs3)C(c3ccco3)C2)cc1. The minimum absolute atomic E-state index is 0. The molecule has 0 spiro atoms. The number of halogens is 1. The van der Waals surface area contributed by atoms with E-state index in [-0.39, 0.29) is 23.0 Å². The normalized spacial score (nSPS) is 17.9. The zero-order valence-electron chi connectivity index (χ0n) is 20.7. The predicted molar refractivity (Wildman–Crippen MR) is 154 cm³/mol. The maximum atomic E-state index is 12.9. The summed E-state index contributed by atoms with van der Waals surface area (Å²) < 4.78 is 38.3. The van der Waals surface area contributed by atoms with Crippen LogP contribution in [-0.2, 0) is 10.0 Å². The summed E-state index contributed by atoms with van der Waals surface area (Å²) >= 11 is 1.50. The molecule has 0 amide bonds. The number of hydrogen-bond donors (Lipinski definition) is 0. The Morgan fingerprint density at radius 2 is 1.71 bits per heavy atom. The van der Waals surface area contributed by atoms with Crippen LogP contribution in [0.1, 0.15) is 36.6 Å². The van der Waals surface area contributed by atoms with E-state index in [0.717, 1.165) is 52.0 Å². The van der Waals surface area contributed by atoms with Crippen LogP contribution in [0.15, 0.2) is 86.7 Å². The third-order valence-electron chi connectivity index (χ3n) is 6.75. The highest BCUT2D eigenvalue weighted by Crippen LogP contribution is 2.39. The summed E-state index contributed by atoms with van der Waals surface area (Å²) in [6, 6.07) is 18.6. The van der Waals surface area contributed by atoms with Gasteiger partial charge in [0.1, 0.15) is 17.6 Å². The van der Waals surface area contributed by atoms with E-state index >= 15 is 0 Å². The number of anilines is 1. The molecule has 1 unspecified atom stereocenters. The van der Waals surface area contributed by atoms with Crippen LogP contribution in [-0.4, -0.2) is 43.6 Å². The van der Waals surface area contributed by atoms with Gasteiger partial charge in [-0.15, -0.1) is 28.3 Å². The van der Waals surface area contributed by atoms with E-state index in [1.807, 2.05) is 58.9 Å². The number of nitrogens with zero attached hydrogens (tertiary/aromatic N) is 4. The van der Waals surface area contributed by atoms with Crippen LogP contribution in [0.3, 0.4) is 0 Å². The number of aromatic nitrogens is 1. The zero-order valence-corrected chi connectivity index (χ0v) is 24.0. The van der Waals surface area contributed by atoms with E-state index in [0.29, 0.717) is 24.4 Å². The summed E-state index contributed by atoms with van der Waals surface area (Å²) in [5.74, 6) is 1.62. The minimum Gasteiger partial charge on any atom is -0.497 e. The smallest absolute Gasteiger partial charge is 0.243 e. The Kier molecular flexibility index (Phi) is 7.71. The van der Waals surface area contributed by atoms with Crippen molar-refractivity contribution in [1.29, 1.82) is 0 Å². The molecule has 2 aliphatic heterocycles. The van der Waals surface area contributed by atoms with Gasteiger partial charge in [0.05, 0.1) is 29.7 Å². The number of hydrogen-bond acceptors (Lipinski definition) is 8. The van der Waals surface area contributed by atoms with Gasteiger partial charge in [-0.2, -0.15) is 9.41 Å². The number of ether oxygens (including phenoxy) is 1. The average molecular weight is 616 g/mol. The second-order valence-corrected chi connectivity index (χ2v) is 11.8. The first-order valence-electron chi connectivity index (χ1n) is 12.1. The highest BCUT2D eigenvalue weighted by atomic mass is 79.9. The lowest BCUT2D eigenvalue weighted by atomic mass is 10.0. The molecule has 4 heterocycles. The third kappa shape index (κ3) is 5.03. The molecule has 1 atom stereocenters. The standard InChI is InChI=1S/C27H26N4O4S2.BrH/c1-34-21-10-6-19(7-11-21)23-17-25(26-5-4-16-35-26)31(29-23)27-28-24(18-36-27)20-8-12-22(13-9-20)37(32,33)30-14-2-3-15-30;/h4-13,16,18,25H,2-3,14-15,17H2,1H3;1H. The fourth-order valence-electron chi connectivity index (χ4n) is 4.72. The van der Waals surface area contributed by atoms with Gasteiger partial charge in [0.25, 0.3) is 0 Å². The largest absolute Gasteiger partial charge is 0.497 e. The number of methoxy groups -OCH3 is 1. The highest BCUT2D eigenvalue weighted by Gasteiger charge is 2.33. The van der Waals surface area contributed by atoms with Crippen molar-refractivity contribution in [1.82, 2.24) is 9.29 Å². The van der Waals surface area contributed by atoms with E-state index in [1.165, 1.54) is 11.3 Å². The number of rotatable bonds is 7. The molecule has 0 bridgehead atoms. The van der Waals surface area contributed by atoms with Crippen molar-refractivity contribution < 1.29 is 17.6 Å². The maximum Gasteiger partial charge on any atom is 0.243 e. The van der Waals surface area contributed by atoms with E-state index in [9.17, 15) is 8.42 Å². The third-order valence-corrected chi connectivity index (χ3v) is 9.49. The van der Waals surface area contributed by atoms with E-state index in [2.05, 4.69) is 0 Å². The zero-order chi connectivity index (χ0) is 25.4. The van der Waals surface area contributed by atoms with Crippen LogP contribution in [0, 0.1) is 0 Å². The van der Waals surface area contributed by atoms with Gasteiger partial charge in [-0.25, -0.2) is 18.4 Å². The molecule has 2 aromatic heterocycles.